The molecule has 0 saturated carbocycles. The number of anilines is 1. The number of nitrogen functional groups attached to an aromatic ring is 1. The number of nitrogens with one attached hydrogen (secondary N) is 1. The van der Waals surface area contributed by atoms with Crippen LogP contribution in [0, 0.1) is 0 Å². The molecule has 0 radical (unpaired) electrons. The van der Waals surface area contributed by atoms with Gasteiger partial charge in [0.15, 0.2) is 0 Å². The lowest BCUT2D eigenvalue weighted by Gasteiger charge is -2.01. The summed E-state index contributed by atoms with van der Waals surface area (Å²) in [6.07, 6.45) is 0. The first-order valence-electron chi connectivity index (χ1n) is 3.88. The van der Waals surface area contributed by atoms with Crippen molar-refractivity contribution in [3.8, 4) is 0 Å². The van der Waals surface area contributed by atoms with E-state index in [9.17, 15) is 8.42 Å². The molecule has 7 N–H and O–H groups in total. The van der Waals surface area contributed by atoms with Crippen molar-refractivity contribution >= 4 is 21.7 Å². The zero-order valence-electron chi connectivity index (χ0n) is 7.71. The van der Waals surface area contributed by atoms with E-state index in [1.807, 2.05) is 0 Å². The van der Waals surface area contributed by atoms with Crippen LogP contribution >= 0.6 is 0 Å². The van der Waals surface area contributed by atoms with Gasteiger partial charge in [-0.05, 0) is 24.3 Å². The highest BCUT2D eigenvalue weighted by atomic mass is 32.2. The molecule has 0 bridgehead atoms. The highest BCUT2D eigenvalue weighted by Gasteiger charge is 2.12. The Morgan fingerprint density at radius 3 is 2.13 bits per heavy atom. The van der Waals surface area contributed by atoms with E-state index in [-0.39, 0.29) is 4.90 Å². The van der Waals surface area contributed by atoms with E-state index in [1.165, 1.54) is 24.3 Å². The van der Waals surface area contributed by atoms with Crippen LogP contribution in [0.15, 0.2) is 33.6 Å². The molecule has 0 fully saturated rings. The molecule has 15 heavy (non-hydrogen) atoms. The summed E-state index contributed by atoms with van der Waals surface area (Å²) >= 11 is 0. The van der Waals surface area contributed by atoms with Crippen molar-refractivity contribution in [3.63, 3.8) is 0 Å². The standard InChI is InChI=1S/C7H11N5O2S/c8-7(9)12-15(13,14)6-3-1-5(11-10)2-4-6/h1-4,11H,10H2,(H4,8,9,12). The largest absolute Gasteiger partial charge is 0.369 e. The van der Waals surface area contributed by atoms with Gasteiger partial charge in [-0.3, -0.25) is 5.84 Å². The number of hydrogen-bond acceptors (Lipinski definition) is 4. The van der Waals surface area contributed by atoms with E-state index < -0.39 is 16.0 Å². The fourth-order valence-corrected chi connectivity index (χ4v) is 1.78. The van der Waals surface area contributed by atoms with Gasteiger partial charge in [-0.2, -0.15) is 8.42 Å². The lowest BCUT2D eigenvalue weighted by atomic mass is 10.3. The van der Waals surface area contributed by atoms with E-state index in [1.54, 1.807) is 0 Å². The Hall–Kier alpha value is -1.80. The molecule has 0 heterocycles. The second-order valence-electron chi connectivity index (χ2n) is 2.66. The summed E-state index contributed by atoms with van der Waals surface area (Å²) in [4.78, 5) is -0.00472. The first-order chi connectivity index (χ1) is 6.95. The van der Waals surface area contributed by atoms with E-state index in [2.05, 4.69) is 9.82 Å². The van der Waals surface area contributed by atoms with Gasteiger partial charge in [-0.25, -0.2) is 0 Å². The van der Waals surface area contributed by atoms with Crippen LogP contribution in [0.5, 0.6) is 0 Å². The van der Waals surface area contributed by atoms with Crippen molar-refractivity contribution in [2.75, 3.05) is 5.43 Å². The Balaban J connectivity index is 3.12. The van der Waals surface area contributed by atoms with Gasteiger partial charge >= 0.3 is 0 Å². The van der Waals surface area contributed by atoms with Crippen LogP contribution in [-0.2, 0) is 10.0 Å². The average Bonchev–Trinajstić information content (AvgIpc) is 2.16. The summed E-state index contributed by atoms with van der Waals surface area (Å²) < 4.78 is 26.0. The maximum absolute atomic E-state index is 11.4. The third kappa shape index (κ3) is 2.82. The van der Waals surface area contributed by atoms with Gasteiger partial charge in [-0.15, -0.1) is 4.40 Å². The highest BCUT2D eigenvalue weighted by molar-refractivity contribution is 7.90. The molecule has 8 heteroatoms. The molecule has 0 atom stereocenters. The van der Waals surface area contributed by atoms with Crippen LogP contribution in [0.4, 0.5) is 5.69 Å². The van der Waals surface area contributed by atoms with Crippen LogP contribution in [-0.4, -0.2) is 14.4 Å². The third-order valence-electron chi connectivity index (χ3n) is 1.54. The normalized spacial score (nSPS) is 10.7. The summed E-state index contributed by atoms with van der Waals surface area (Å²) in [7, 11) is -3.82. The molecule has 1 aromatic rings. The number of benzene rings is 1. The first kappa shape index (κ1) is 11.3. The third-order valence-corrected chi connectivity index (χ3v) is 2.86. The van der Waals surface area contributed by atoms with Crippen molar-refractivity contribution in [1.82, 2.24) is 0 Å². The SMILES string of the molecule is NNc1ccc(S(=O)(=O)N=C(N)N)cc1. The molecule has 1 rings (SSSR count). The monoisotopic (exact) mass is 229 g/mol. The summed E-state index contributed by atoms with van der Waals surface area (Å²) in [5.41, 5.74) is 12.9. The summed E-state index contributed by atoms with van der Waals surface area (Å²) in [6.45, 7) is 0. The van der Waals surface area contributed by atoms with Crippen molar-refractivity contribution in [2.24, 2.45) is 21.7 Å². The number of guanidine groups is 1. The van der Waals surface area contributed by atoms with Gasteiger partial charge in [-0.1, -0.05) is 0 Å². The van der Waals surface area contributed by atoms with Crippen LogP contribution in [0.1, 0.15) is 0 Å². The van der Waals surface area contributed by atoms with Crippen LogP contribution in [0.3, 0.4) is 0 Å². The fraction of sp³-hybridized carbons (Fsp3) is 0. The molecule has 0 aliphatic rings. The van der Waals surface area contributed by atoms with Crippen LogP contribution < -0.4 is 22.7 Å². The highest BCUT2D eigenvalue weighted by Crippen LogP contribution is 2.14. The van der Waals surface area contributed by atoms with Gasteiger partial charge in [0.25, 0.3) is 10.0 Å². The Labute approximate surface area is 87.0 Å². The number of nitrogens with two attached hydrogens (primary N) is 3. The van der Waals surface area contributed by atoms with Crippen LogP contribution in [0.25, 0.3) is 0 Å². The number of nitrogens with zero attached hydrogens (tertiary/aromatic N) is 1. The molecule has 0 aliphatic carbocycles. The Morgan fingerprint density at radius 1 is 1.20 bits per heavy atom. The summed E-state index contributed by atoms with van der Waals surface area (Å²) in [5, 5.41) is 0. The van der Waals surface area contributed by atoms with E-state index in [0.29, 0.717) is 5.69 Å². The minimum absolute atomic E-state index is 0.00472. The second kappa shape index (κ2) is 4.15. The molecule has 0 saturated heterocycles. The fourth-order valence-electron chi connectivity index (χ4n) is 0.915. The van der Waals surface area contributed by atoms with Crippen molar-refractivity contribution in [2.45, 2.75) is 4.90 Å². The topological polar surface area (TPSA) is 137 Å². The van der Waals surface area contributed by atoms with Crippen molar-refractivity contribution in [1.29, 1.82) is 0 Å². The predicted molar refractivity (Wildman–Crippen MR) is 57.2 cm³/mol. The van der Waals surface area contributed by atoms with Crippen molar-refractivity contribution in [3.05, 3.63) is 24.3 Å². The quantitative estimate of drug-likeness (QED) is 0.225. The van der Waals surface area contributed by atoms with Gasteiger partial charge in [0.05, 0.1) is 4.90 Å². The first-order valence-corrected chi connectivity index (χ1v) is 5.32. The smallest absolute Gasteiger partial charge is 0.285 e. The van der Waals surface area contributed by atoms with E-state index in [4.69, 9.17) is 17.3 Å². The molecular formula is C7H11N5O2S. The molecule has 1 aromatic carbocycles. The maximum Gasteiger partial charge on any atom is 0.285 e. The minimum Gasteiger partial charge on any atom is -0.369 e. The number of hydrazine groups is 1. The molecule has 0 aromatic heterocycles. The lowest BCUT2D eigenvalue weighted by molar-refractivity contribution is 0.598. The van der Waals surface area contributed by atoms with Gasteiger partial charge in [0.1, 0.15) is 0 Å². The summed E-state index contributed by atoms with van der Waals surface area (Å²) in [5.74, 6) is 4.62. The molecule has 0 unspecified atom stereocenters. The minimum atomic E-state index is -3.82. The van der Waals surface area contributed by atoms with Gasteiger partial charge in [0.2, 0.25) is 5.96 Å². The zero-order chi connectivity index (χ0) is 11.5. The van der Waals surface area contributed by atoms with Gasteiger partial charge in [0, 0.05) is 5.69 Å². The Bertz CT molecular complexity index is 461. The maximum atomic E-state index is 11.4. The molecular weight excluding hydrogens is 218 g/mol. The predicted octanol–water partition coefficient (Wildman–Crippen LogP) is -1.07. The van der Waals surface area contributed by atoms with Crippen molar-refractivity contribution < 1.29 is 8.42 Å². The molecule has 7 nitrogen and oxygen atoms in total. The number of rotatable bonds is 3. The van der Waals surface area contributed by atoms with E-state index >= 15 is 0 Å². The average molecular weight is 229 g/mol. The summed E-state index contributed by atoms with van der Waals surface area (Å²) in [6, 6.07) is 5.68. The zero-order valence-corrected chi connectivity index (χ0v) is 8.53. The van der Waals surface area contributed by atoms with E-state index in [0.717, 1.165) is 0 Å². The molecule has 0 aliphatic heterocycles. The Kier molecular flexibility index (Phi) is 3.12. The number of sulfonamides is 1. The lowest BCUT2D eigenvalue weighted by Crippen LogP contribution is -2.24. The molecule has 0 spiro atoms. The molecule has 82 valence electrons. The van der Waals surface area contributed by atoms with Crippen LogP contribution in [0.2, 0.25) is 0 Å². The second-order valence-corrected chi connectivity index (χ2v) is 4.26. The number of hydrogen-bond donors (Lipinski definition) is 4. The molecule has 0 amide bonds. The Morgan fingerprint density at radius 2 is 1.73 bits per heavy atom. The van der Waals surface area contributed by atoms with Gasteiger partial charge < -0.3 is 16.9 Å².